The maximum Gasteiger partial charge on any atom is 0.146 e. The zero-order valence-electron chi connectivity index (χ0n) is 20.5. The van der Waals surface area contributed by atoms with Gasteiger partial charge in [-0.2, -0.15) is 0 Å². The number of thiophene rings is 2. The average molecular weight is 500 g/mol. The Morgan fingerprint density at radius 1 is 1.12 bits per heavy atom. The molecule has 0 spiro atoms. The Morgan fingerprint density at radius 2 is 1.94 bits per heavy atom. The number of nitrogens with zero attached hydrogens (tertiary/aromatic N) is 5. The van der Waals surface area contributed by atoms with E-state index in [1.54, 1.807) is 22.7 Å². The highest BCUT2D eigenvalue weighted by atomic mass is 32.1. The lowest BCUT2D eigenvalue weighted by Gasteiger charge is -2.35. The smallest absolute Gasteiger partial charge is 0.146 e. The van der Waals surface area contributed by atoms with E-state index in [1.165, 1.54) is 54.6 Å². The summed E-state index contributed by atoms with van der Waals surface area (Å²) >= 11 is 3.56. The van der Waals surface area contributed by atoms with Crippen molar-refractivity contribution in [1.29, 1.82) is 0 Å². The quantitative estimate of drug-likeness (QED) is 0.403. The first kappa shape index (κ1) is 24.1. The minimum Gasteiger partial charge on any atom is -0.379 e. The molecule has 8 heteroatoms. The summed E-state index contributed by atoms with van der Waals surface area (Å²) in [6.07, 6.45) is 5.04. The van der Waals surface area contributed by atoms with Crippen molar-refractivity contribution < 1.29 is 4.74 Å². The van der Waals surface area contributed by atoms with E-state index in [9.17, 15) is 0 Å². The van der Waals surface area contributed by atoms with Crippen molar-refractivity contribution in [3.05, 3.63) is 28.7 Å². The van der Waals surface area contributed by atoms with Crippen LogP contribution in [-0.4, -0.2) is 79.3 Å². The molecule has 2 aliphatic heterocycles. The van der Waals surface area contributed by atoms with Crippen LogP contribution < -0.4 is 4.90 Å². The maximum absolute atomic E-state index is 5.54. The Balaban J connectivity index is 1.38. The number of hydrogen-bond acceptors (Lipinski definition) is 8. The summed E-state index contributed by atoms with van der Waals surface area (Å²) in [5, 5.41) is 5.69. The van der Waals surface area contributed by atoms with Crippen molar-refractivity contribution in [2.24, 2.45) is 5.92 Å². The standard InChI is InChI=1S/C26H37N5OS2/c1-3-4-9-29(2)17-20-7-10-31(11-8-20)25-24-21(22-6-5-16-33-22)19-34-26(24)28-23(27-25)18-30-12-14-32-15-13-30/h5-6,16,19-20H,3-4,7-15,17-18H2,1-2H3. The fourth-order valence-electron chi connectivity index (χ4n) is 5.13. The Morgan fingerprint density at radius 3 is 2.68 bits per heavy atom. The third-order valence-electron chi connectivity index (χ3n) is 7.09. The van der Waals surface area contributed by atoms with Crippen LogP contribution in [0.1, 0.15) is 38.4 Å². The van der Waals surface area contributed by atoms with Gasteiger partial charge in [0, 0.05) is 48.5 Å². The van der Waals surface area contributed by atoms with Crippen molar-refractivity contribution >= 4 is 38.7 Å². The molecule has 6 nitrogen and oxygen atoms in total. The molecule has 2 aliphatic rings. The van der Waals surface area contributed by atoms with Crippen molar-refractivity contribution in [2.45, 2.75) is 39.2 Å². The molecule has 0 saturated carbocycles. The highest BCUT2D eigenvalue weighted by molar-refractivity contribution is 7.18. The van der Waals surface area contributed by atoms with Gasteiger partial charge in [0.15, 0.2) is 0 Å². The van der Waals surface area contributed by atoms with Gasteiger partial charge in [0.05, 0.1) is 25.1 Å². The largest absolute Gasteiger partial charge is 0.379 e. The average Bonchev–Trinajstić information content (AvgIpc) is 3.53. The fourth-order valence-corrected chi connectivity index (χ4v) is 6.90. The van der Waals surface area contributed by atoms with Gasteiger partial charge in [0.1, 0.15) is 16.5 Å². The van der Waals surface area contributed by atoms with E-state index in [-0.39, 0.29) is 0 Å². The first-order valence-electron chi connectivity index (χ1n) is 12.8. The third kappa shape index (κ3) is 5.62. The predicted molar refractivity (Wildman–Crippen MR) is 144 cm³/mol. The van der Waals surface area contributed by atoms with E-state index in [1.807, 2.05) is 0 Å². The predicted octanol–water partition coefficient (Wildman–Crippen LogP) is 5.20. The molecule has 0 amide bonds. The second-order valence-corrected chi connectivity index (χ2v) is 11.5. The number of hydrogen-bond donors (Lipinski definition) is 0. The van der Waals surface area contributed by atoms with Gasteiger partial charge in [-0.3, -0.25) is 4.90 Å². The number of anilines is 1. The molecule has 2 saturated heterocycles. The van der Waals surface area contributed by atoms with Gasteiger partial charge in [0.25, 0.3) is 0 Å². The van der Waals surface area contributed by atoms with Crippen LogP contribution in [0, 0.1) is 5.92 Å². The summed E-state index contributed by atoms with van der Waals surface area (Å²) in [5.74, 6) is 2.88. The molecule has 0 N–H and O–H groups in total. The number of piperidine rings is 1. The Kier molecular flexibility index (Phi) is 8.12. The van der Waals surface area contributed by atoms with Gasteiger partial charge < -0.3 is 14.5 Å². The molecule has 3 aromatic rings. The fraction of sp³-hybridized carbons (Fsp3) is 0.615. The van der Waals surface area contributed by atoms with Gasteiger partial charge in [-0.25, -0.2) is 9.97 Å². The van der Waals surface area contributed by atoms with Crippen LogP contribution in [0.15, 0.2) is 22.9 Å². The molecular formula is C26H37N5OS2. The Hall–Kier alpha value is -1.58. The zero-order chi connectivity index (χ0) is 23.3. The molecule has 0 atom stereocenters. The summed E-state index contributed by atoms with van der Waals surface area (Å²) in [5.41, 5.74) is 1.30. The van der Waals surface area contributed by atoms with Crippen LogP contribution in [0.3, 0.4) is 0 Å². The number of ether oxygens (including phenoxy) is 1. The first-order chi connectivity index (χ1) is 16.7. The molecule has 2 fully saturated rings. The van der Waals surface area contributed by atoms with Crippen LogP contribution in [0.2, 0.25) is 0 Å². The molecule has 0 radical (unpaired) electrons. The molecule has 3 aromatic heterocycles. The second kappa shape index (κ2) is 11.4. The lowest BCUT2D eigenvalue weighted by Crippen LogP contribution is -2.39. The van der Waals surface area contributed by atoms with E-state index in [0.29, 0.717) is 0 Å². The third-order valence-corrected chi connectivity index (χ3v) is 8.87. The topological polar surface area (TPSA) is 44.7 Å². The minimum absolute atomic E-state index is 0.780. The van der Waals surface area contributed by atoms with Crippen molar-refractivity contribution in [2.75, 3.05) is 64.4 Å². The van der Waals surface area contributed by atoms with Crippen LogP contribution in [0.4, 0.5) is 5.82 Å². The van der Waals surface area contributed by atoms with Crippen molar-refractivity contribution in [3.8, 4) is 10.4 Å². The second-order valence-electron chi connectivity index (χ2n) is 9.71. The van der Waals surface area contributed by atoms with Gasteiger partial charge in [-0.1, -0.05) is 19.4 Å². The normalized spacial score (nSPS) is 18.4. The van der Waals surface area contributed by atoms with Gasteiger partial charge in [-0.05, 0) is 50.2 Å². The SMILES string of the molecule is CCCCN(C)CC1CCN(c2nc(CN3CCOCC3)nc3scc(-c4cccs4)c23)CC1. The molecule has 0 bridgehead atoms. The molecular weight excluding hydrogens is 462 g/mol. The molecule has 0 aliphatic carbocycles. The van der Waals surface area contributed by atoms with Crippen LogP contribution >= 0.6 is 22.7 Å². The lowest BCUT2D eigenvalue weighted by atomic mass is 9.96. The monoisotopic (exact) mass is 499 g/mol. The van der Waals surface area contributed by atoms with Crippen molar-refractivity contribution in [1.82, 2.24) is 19.8 Å². The highest BCUT2D eigenvalue weighted by Gasteiger charge is 2.26. The number of rotatable bonds is 9. The highest BCUT2D eigenvalue weighted by Crippen LogP contribution is 2.41. The minimum atomic E-state index is 0.780. The number of unbranched alkanes of at least 4 members (excludes halogenated alkanes) is 1. The summed E-state index contributed by atoms with van der Waals surface area (Å²) in [6.45, 7) is 11.2. The van der Waals surface area contributed by atoms with Gasteiger partial charge >= 0.3 is 0 Å². The Bertz CT molecular complexity index is 1040. The number of aromatic nitrogens is 2. The van der Waals surface area contributed by atoms with E-state index in [4.69, 9.17) is 14.7 Å². The molecule has 184 valence electrons. The van der Waals surface area contributed by atoms with Gasteiger partial charge in [0.2, 0.25) is 0 Å². The lowest BCUT2D eigenvalue weighted by molar-refractivity contribution is 0.0331. The zero-order valence-corrected chi connectivity index (χ0v) is 22.2. The van der Waals surface area contributed by atoms with Crippen molar-refractivity contribution in [3.63, 3.8) is 0 Å². The molecule has 0 unspecified atom stereocenters. The molecule has 34 heavy (non-hydrogen) atoms. The summed E-state index contributed by atoms with van der Waals surface area (Å²) in [6, 6.07) is 4.35. The van der Waals surface area contributed by atoms with E-state index in [2.05, 4.69) is 51.6 Å². The van der Waals surface area contributed by atoms with E-state index < -0.39 is 0 Å². The van der Waals surface area contributed by atoms with Crippen LogP contribution in [0.5, 0.6) is 0 Å². The van der Waals surface area contributed by atoms with Crippen LogP contribution in [-0.2, 0) is 11.3 Å². The molecule has 5 rings (SSSR count). The van der Waals surface area contributed by atoms with E-state index >= 15 is 0 Å². The first-order valence-corrected chi connectivity index (χ1v) is 14.5. The number of morpholine rings is 1. The van der Waals surface area contributed by atoms with Crippen LogP contribution in [0.25, 0.3) is 20.7 Å². The molecule has 5 heterocycles. The van der Waals surface area contributed by atoms with E-state index in [0.717, 1.165) is 68.3 Å². The Labute approximate surface area is 211 Å². The summed E-state index contributed by atoms with van der Waals surface area (Å²) in [7, 11) is 2.28. The molecule has 0 aromatic carbocycles. The van der Waals surface area contributed by atoms with Gasteiger partial charge in [-0.15, -0.1) is 22.7 Å². The maximum atomic E-state index is 5.54. The summed E-state index contributed by atoms with van der Waals surface area (Å²) in [4.78, 5) is 20.2. The summed E-state index contributed by atoms with van der Waals surface area (Å²) < 4.78 is 5.54. The number of fused-ring (bicyclic) bond motifs is 1.